The van der Waals surface area contributed by atoms with Gasteiger partial charge in [-0.15, -0.1) is 0 Å². The predicted molar refractivity (Wildman–Crippen MR) is 92.1 cm³/mol. The maximum Gasteiger partial charge on any atom is 0.416 e. The van der Waals surface area contributed by atoms with Crippen LogP contribution >= 0.6 is 0 Å². The van der Waals surface area contributed by atoms with Crippen LogP contribution in [0.15, 0.2) is 24.3 Å². The monoisotopic (exact) mass is 371 g/mol. The normalized spacial score (nSPS) is 20.9. The summed E-state index contributed by atoms with van der Waals surface area (Å²) in [5.74, 6) is -0.00908. The molecule has 0 aliphatic carbocycles. The molecule has 144 valence electrons. The summed E-state index contributed by atoms with van der Waals surface area (Å²) in [7, 11) is 1.57. The number of halogens is 3. The fraction of sp³-hybridized carbons (Fsp3) is 0.611. The molecule has 1 aromatic carbocycles. The number of amides is 1. The summed E-state index contributed by atoms with van der Waals surface area (Å²) >= 11 is 0. The van der Waals surface area contributed by atoms with Gasteiger partial charge in [0.05, 0.1) is 5.56 Å². The number of ether oxygens (including phenoxy) is 1. The first kappa shape index (κ1) is 19.0. The summed E-state index contributed by atoms with van der Waals surface area (Å²) in [6, 6.07) is 5.34. The van der Waals surface area contributed by atoms with Crippen LogP contribution in [-0.2, 0) is 15.7 Å². The standard InChI is InChI=1S/C18H24F3N3O2/c1-26-17(5-7-22-8-6-17)16(25)24-11-9-23(10-12-24)15-4-2-3-14(13-15)18(19,20)21/h2-4,13,22H,5-12H2,1H3. The van der Waals surface area contributed by atoms with Gasteiger partial charge in [-0.05, 0) is 44.1 Å². The van der Waals surface area contributed by atoms with E-state index in [1.165, 1.54) is 12.1 Å². The van der Waals surface area contributed by atoms with Crippen molar-refractivity contribution >= 4 is 11.6 Å². The Morgan fingerprint density at radius 1 is 1.15 bits per heavy atom. The molecule has 0 aromatic heterocycles. The number of nitrogens with one attached hydrogen (secondary N) is 1. The summed E-state index contributed by atoms with van der Waals surface area (Å²) in [5.41, 5.74) is -0.888. The van der Waals surface area contributed by atoms with Crippen LogP contribution < -0.4 is 10.2 Å². The van der Waals surface area contributed by atoms with Gasteiger partial charge in [-0.2, -0.15) is 13.2 Å². The molecular weight excluding hydrogens is 347 g/mol. The van der Waals surface area contributed by atoms with Gasteiger partial charge in [0.25, 0.3) is 5.91 Å². The Bertz CT molecular complexity index is 637. The van der Waals surface area contributed by atoms with E-state index in [2.05, 4.69) is 5.32 Å². The number of methoxy groups -OCH3 is 1. The van der Waals surface area contributed by atoms with Crippen molar-refractivity contribution < 1.29 is 22.7 Å². The molecule has 2 saturated heterocycles. The van der Waals surface area contributed by atoms with Crippen molar-refractivity contribution in [1.82, 2.24) is 10.2 Å². The summed E-state index contributed by atoms with van der Waals surface area (Å²) in [6.07, 6.45) is -3.08. The molecule has 0 bridgehead atoms. The smallest absolute Gasteiger partial charge is 0.368 e. The molecule has 2 aliphatic heterocycles. The zero-order valence-corrected chi connectivity index (χ0v) is 14.8. The summed E-state index contributed by atoms with van der Waals surface area (Å²) in [4.78, 5) is 16.6. The average molecular weight is 371 g/mol. The van der Waals surface area contributed by atoms with Crippen molar-refractivity contribution in [3.05, 3.63) is 29.8 Å². The molecule has 1 amide bonds. The molecule has 0 atom stereocenters. The van der Waals surface area contributed by atoms with Gasteiger partial charge in [-0.25, -0.2) is 0 Å². The molecule has 0 saturated carbocycles. The first-order valence-corrected chi connectivity index (χ1v) is 8.83. The Morgan fingerprint density at radius 2 is 1.81 bits per heavy atom. The highest BCUT2D eigenvalue weighted by Crippen LogP contribution is 2.32. The molecule has 1 aromatic rings. The molecule has 0 radical (unpaired) electrons. The van der Waals surface area contributed by atoms with E-state index < -0.39 is 17.3 Å². The van der Waals surface area contributed by atoms with Gasteiger partial charge in [-0.3, -0.25) is 4.79 Å². The van der Waals surface area contributed by atoms with Gasteiger partial charge in [0.15, 0.2) is 0 Å². The number of benzene rings is 1. The van der Waals surface area contributed by atoms with Gasteiger partial charge in [0.1, 0.15) is 5.60 Å². The third-order valence-corrected chi connectivity index (χ3v) is 5.30. The number of piperazine rings is 1. The lowest BCUT2D eigenvalue weighted by molar-refractivity contribution is -0.158. The third kappa shape index (κ3) is 3.81. The zero-order valence-electron chi connectivity index (χ0n) is 14.8. The van der Waals surface area contributed by atoms with Crippen molar-refractivity contribution in [2.24, 2.45) is 0 Å². The van der Waals surface area contributed by atoms with Crippen molar-refractivity contribution in [2.45, 2.75) is 24.6 Å². The minimum atomic E-state index is -4.35. The van der Waals surface area contributed by atoms with Gasteiger partial charge in [-0.1, -0.05) is 6.07 Å². The number of rotatable bonds is 3. The molecule has 1 N–H and O–H groups in total. The highest BCUT2D eigenvalue weighted by Gasteiger charge is 2.43. The number of nitrogens with zero attached hydrogens (tertiary/aromatic N) is 2. The summed E-state index contributed by atoms with van der Waals surface area (Å²) < 4.78 is 44.3. The number of carbonyl (C=O) groups is 1. The van der Waals surface area contributed by atoms with Gasteiger partial charge < -0.3 is 19.9 Å². The predicted octanol–water partition coefficient (Wildman–Crippen LogP) is 2.12. The van der Waals surface area contributed by atoms with Gasteiger partial charge in [0.2, 0.25) is 0 Å². The van der Waals surface area contributed by atoms with Crippen LogP contribution in [0.4, 0.5) is 18.9 Å². The number of alkyl halides is 3. The largest absolute Gasteiger partial charge is 0.416 e. The van der Waals surface area contributed by atoms with Crippen molar-refractivity contribution in [3.63, 3.8) is 0 Å². The average Bonchev–Trinajstić information content (AvgIpc) is 2.67. The quantitative estimate of drug-likeness (QED) is 0.884. The Morgan fingerprint density at radius 3 is 2.38 bits per heavy atom. The number of carbonyl (C=O) groups excluding carboxylic acids is 1. The third-order valence-electron chi connectivity index (χ3n) is 5.30. The van der Waals surface area contributed by atoms with E-state index in [0.29, 0.717) is 44.7 Å². The molecule has 0 unspecified atom stereocenters. The number of piperidine rings is 1. The molecule has 8 heteroatoms. The number of anilines is 1. The molecule has 5 nitrogen and oxygen atoms in total. The lowest BCUT2D eigenvalue weighted by atomic mass is 9.90. The van der Waals surface area contributed by atoms with E-state index >= 15 is 0 Å². The molecule has 2 fully saturated rings. The van der Waals surface area contributed by atoms with Crippen LogP contribution in [-0.4, -0.2) is 62.8 Å². The SMILES string of the molecule is COC1(C(=O)N2CCN(c3cccc(C(F)(F)F)c3)CC2)CCNCC1. The lowest BCUT2D eigenvalue weighted by Gasteiger charge is -2.42. The maximum atomic E-state index is 12.9. The molecule has 3 rings (SSSR count). The van der Waals surface area contributed by atoms with E-state index in [4.69, 9.17) is 4.74 Å². The van der Waals surface area contributed by atoms with Crippen molar-refractivity contribution in [3.8, 4) is 0 Å². The zero-order chi connectivity index (χ0) is 18.8. The number of hydrogen-bond donors (Lipinski definition) is 1. The fourth-order valence-corrected chi connectivity index (χ4v) is 3.67. The molecular formula is C18H24F3N3O2. The fourth-order valence-electron chi connectivity index (χ4n) is 3.67. The minimum absolute atomic E-state index is 0.00908. The van der Waals surface area contributed by atoms with E-state index in [1.54, 1.807) is 18.1 Å². The molecule has 2 aliphatic rings. The van der Waals surface area contributed by atoms with Crippen LogP contribution in [0, 0.1) is 0 Å². The number of hydrogen-bond acceptors (Lipinski definition) is 4. The van der Waals surface area contributed by atoms with E-state index in [0.717, 1.165) is 19.2 Å². The van der Waals surface area contributed by atoms with Gasteiger partial charge >= 0.3 is 6.18 Å². The minimum Gasteiger partial charge on any atom is -0.368 e. The highest BCUT2D eigenvalue weighted by molar-refractivity contribution is 5.85. The van der Waals surface area contributed by atoms with Crippen LogP contribution in [0.2, 0.25) is 0 Å². The summed E-state index contributed by atoms with van der Waals surface area (Å²) in [5, 5.41) is 3.23. The second-order valence-electron chi connectivity index (χ2n) is 6.78. The van der Waals surface area contributed by atoms with Gasteiger partial charge in [0, 0.05) is 39.0 Å². The van der Waals surface area contributed by atoms with Crippen LogP contribution in [0.5, 0.6) is 0 Å². The van der Waals surface area contributed by atoms with Crippen LogP contribution in [0.25, 0.3) is 0 Å². The Kier molecular flexibility index (Phi) is 5.43. The first-order valence-electron chi connectivity index (χ1n) is 8.83. The van der Waals surface area contributed by atoms with E-state index in [9.17, 15) is 18.0 Å². The topological polar surface area (TPSA) is 44.8 Å². The van der Waals surface area contributed by atoms with Crippen LogP contribution in [0.1, 0.15) is 18.4 Å². The molecule has 2 heterocycles. The molecule has 26 heavy (non-hydrogen) atoms. The Balaban J connectivity index is 1.65. The highest BCUT2D eigenvalue weighted by atomic mass is 19.4. The van der Waals surface area contributed by atoms with Crippen molar-refractivity contribution in [1.29, 1.82) is 0 Å². The lowest BCUT2D eigenvalue weighted by Crippen LogP contribution is -2.59. The first-order chi connectivity index (χ1) is 12.4. The summed E-state index contributed by atoms with van der Waals surface area (Å²) in [6.45, 7) is 3.45. The van der Waals surface area contributed by atoms with E-state index in [-0.39, 0.29) is 5.91 Å². The molecule has 0 spiro atoms. The Labute approximate surface area is 151 Å². The Hall–Kier alpha value is -1.80. The second kappa shape index (κ2) is 7.44. The second-order valence-corrected chi connectivity index (χ2v) is 6.78. The van der Waals surface area contributed by atoms with Crippen molar-refractivity contribution in [2.75, 3.05) is 51.3 Å². The van der Waals surface area contributed by atoms with E-state index in [1.807, 2.05) is 4.90 Å². The maximum absolute atomic E-state index is 12.9. The van der Waals surface area contributed by atoms with Crippen LogP contribution in [0.3, 0.4) is 0 Å².